The van der Waals surface area contributed by atoms with Crippen molar-refractivity contribution < 1.29 is 32.2 Å². The third kappa shape index (κ3) is 9.00. The van der Waals surface area contributed by atoms with Gasteiger partial charge in [-0.05, 0) is 30.2 Å². The van der Waals surface area contributed by atoms with E-state index in [1.54, 1.807) is 25.3 Å². The lowest BCUT2D eigenvalue weighted by atomic mass is 9.81. The average Bonchev–Trinajstić information content (AvgIpc) is 3.64. The van der Waals surface area contributed by atoms with Gasteiger partial charge < -0.3 is 24.1 Å². The molecule has 0 bridgehead atoms. The van der Waals surface area contributed by atoms with Gasteiger partial charge in [0.15, 0.2) is 6.61 Å². The summed E-state index contributed by atoms with van der Waals surface area (Å²) < 4.78 is 56.2. The van der Waals surface area contributed by atoms with Gasteiger partial charge in [-0.1, -0.05) is 60.7 Å². The third-order valence-corrected chi connectivity index (χ3v) is 8.82. The number of rotatable bonds is 11. The maximum atomic E-state index is 13.4. The van der Waals surface area contributed by atoms with Crippen molar-refractivity contribution in [1.82, 2.24) is 29.7 Å². The molecule has 2 fully saturated rings. The number of hydrogen-bond acceptors (Lipinski definition) is 8. The quantitative estimate of drug-likeness (QED) is 0.205. The molecule has 2 aromatic heterocycles. The molecule has 2 aliphatic heterocycles. The van der Waals surface area contributed by atoms with Gasteiger partial charge in [-0.25, -0.2) is 0 Å². The smallest absolute Gasteiger partial charge is 0.422 e. The molecule has 2 saturated heterocycles. The van der Waals surface area contributed by atoms with E-state index in [0.29, 0.717) is 44.0 Å². The molecule has 1 amide bonds. The highest BCUT2D eigenvalue weighted by Crippen LogP contribution is 2.38. The molecule has 15 heteroatoms. The second kappa shape index (κ2) is 17.3. The minimum absolute atomic E-state index is 0. The molecule has 1 unspecified atom stereocenters. The Bertz CT molecular complexity index is 1610. The van der Waals surface area contributed by atoms with Gasteiger partial charge in [0.05, 0.1) is 19.3 Å². The molecule has 2 aromatic carbocycles. The minimum Gasteiger partial charge on any atom is -0.481 e. The standard InChI is InChI=1S/C35H39F3N6O4.2ClH/c1-3-47-34-40-31(46-2)27(32(41-34)48-23-35(36,37)38)21-42-19-26-20-43(33(45)28-15-10-16-39-28)17-18-44(26)29(22-42)30(24-11-6-4-7-12-24)25-13-8-5-9-14-25;;/h4-16,26,29-30,39H,3,17-23H2,1-2H3;2*1H/t26-,29?;;/m1../s1. The van der Waals surface area contributed by atoms with E-state index in [1.165, 1.54) is 7.11 Å². The molecule has 0 spiro atoms. The third-order valence-electron chi connectivity index (χ3n) is 8.82. The molecule has 4 heterocycles. The number of nitrogens with zero attached hydrogens (tertiary/aromatic N) is 5. The molecule has 2 aliphatic rings. The molecule has 50 heavy (non-hydrogen) atoms. The van der Waals surface area contributed by atoms with Crippen LogP contribution in [-0.2, 0) is 6.54 Å². The van der Waals surface area contributed by atoms with Gasteiger partial charge >= 0.3 is 12.2 Å². The number of aromatic amines is 1. The van der Waals surface area contributed by atoms with Gasteiger partial charge in [-0.15, -0.1) is 24.8 Å². The highest BCUT2D eigenvalue weighted by molar-refractivity contribution is 5.92. The largest absolute Gasteiger partial charge is 0.481 e. The summed E-state index contributed by atoms with van der Waals surface area (Å²) in [7, 11) is 1.40. The lowest BCUT2D eigenvalue weighted by Gasteiger charge is -2.53. The summed E-state index contributed by atoms with van der Waals surface area (Å²) in [6.45, 7) is 3.40. The first kappa shape index (κ1) is 38.8. The van der Waals surface area contributed by atoms with Crippen LogP contribution in [0.15, 0.2) is 79.0 Å². The number of aromatic nitrogens is 3. The number of nitrogens with one attached hydrogen (secondary N) is 1. The van der Waals surface area contributed by atoms with Crippen molar-refractivity contribution in [3.63, 3.8) is 0 Å². The van der Waals surface area contributed by atoms with Gasteiger partial charge in [-0.3, -0.25) is 14.6 Å². The van der Waals surface area contributed by atoms with Crippen molar-refractivity contribution in [2.75, 3.05) is 53.0 Å². The van der Waals surface area contributed by atoms with Crippen LogP contribution in [-0.4, -0.2) is 107 Å². The van der Waals surface area contributed by atoms with E-state index in [2.05, 4.69) is 49.0 Å². The fourth-order valence-electron chi connectivity index (χ4n) is 6.83. The number of carbonyl (C=O) groups is 1. The Kier molecular flexibility index (Phi) is 13.4. The second-order valence-electron chi connectivity index (χ2n) is 11.9. The maximum absolute atomic E-state index is 13.4. The Morgan fingerprint density at radius 1 is 0.900 bits per heavy atom. The van der Waals surface area contributed by atoms with E-state index in [4.69, 9.17) is 14.2 Å². The Hall–Kier alpha value is -4.04. The highest BCUT2D eigenvalue weighted by Gasteiger charge is 2.44. The molecule has 0 aliphatic carbocycles. The summed E-state index contributed by atoms with van der Waals surface area (Å²) in [6, 6.07) is 24.0. The molecule has 10 nitrogen and oxygen atoms in total. The van der Waals surface area contributed by atoms with E-state index < -0.39 is 12.8 Å². The summed E-state index contributed by atoms with van der Waals surface area (Å²) >= 11 is 0. The highest BCUT2D eigenvalue weighted by atomic mass is 35.5. The number of fused-ring (bicyclic) bond motifs is 1. The lowest BCUT2D eigenvalue weighted by Crippen LogP contribution is -2.67. The molecule has 2 atom stereocenters. The first-order valence-electron chi connectivity index (χ1n) is 16.0. The Balaban J connectivity index is 0.00000281. The number of piperazine rings is 2. The van der Waals surface area contributed by atoms with Crippen LogP contribution in [0.3, 0.4) is 0 Å². The molecule has 0 saturated carbocycles. The number of methoxy groups -OCH3 is 1. The zero-order chi connectivity index (χ0) is 33.7. The maximum Gasteiger partial charge on any atom is 0.422 e. The van der Waals surface area contributed by atoms with Crippen LogP contribution < -0.4 is 14.2 Å². The lowest BCUT2D eigenvalue weighted by molar-refractivity contribution is -0.154. The number of halogens is 5. The molecule has 270 valence electrons. The van der Waals surface area contributed by atoms with Crippen LogP contribution in [0.2, 0.25) is 0 Å². The van der Waals surface area contributed by atoms with Crippen LogP contribution in [0, 0.1) is 0 Å². The van der Waals surface area contributed by atoms with Crippen molar-refractivity contribution in [2.24, 2.45) is 0 Å². The topological polar surface area (TPSA) is 96.1 Å². The fraction of sp³-hybridized carbons (Fsp3) is 0.400. The van der Waals surface area contributed by atoms with Gasteiger partial charge in [0.2, 0.25) is 11.8 Å². The number of hydrogen-bond donors (Lipinski definition) is 1. The number of amides is 1. The fourth-order valence-corrected chi connectivity index (χ4v) is 6.83. The van der Waals surface area contributed by atoms with Crippen LogP contribution in [0.4, 0.5) is 13.2 Å². The van der Waals surface area contributed by atoms with Crippen LogP contribution in [0.5, 0.6) is 17.8 Å². The van der Waals surface area contributed by atoms with Crippen molar-refractivity contribution in [2.45, 2.75) is 37.6 Å². The van der Waals surface area contributed by atoms with Crippen LogP contribution in [0.25, 0.3) is 0 Å². The van der Waals surface area contributed by atoms with Gasteiger partial charge in [0.25, 0.3) is 5.91 Å². The van der Waals surface area contributed by atoms with Crippen LogP contribution >= 0.6 is 24.8 Å². The Morgan fingerprint density at radius 3 is 2.14 bits per heavy atom. The zero-order valence-electron chi connectivity index (χ0n) is 27.7. The Labute approximate surface area is 301 Å². The minimum atomic E-state index is -4.58. The monoisotopic (exact) mass is 736 g/mol. The molecule has 1 N–H and O–H groups in total. The SMILES string of the molecule is CCOc1nc(OC)c(CN2CC(C(c3ccccc3)c3ccccc3)N3CCN(C(=O)c4ccc[nH]4)C[C@H]3C2)c(OCC(F)(F)F)n1.Cl.Cl. The molecule has 6 rings (SSSR count). The van der Waals surface area contributed by atoms with Crippen molar-refractivity contribution >= 4 is 30.7 Å². The summed E-state index contributed by atoms with van der Waals surface area (Å²) in [6.07, 6.45) is -2.84. The number of benzene rings is 2. The summed E-state index contributed by atoms with van der Waals surface area (Å²) in [4.78, 5) is 31.5. The van der Waals surface area contributed by atoms with E-state index >= 15 is 0 Å². The van der Waals surface area contributed by atoms with Gasteiger partial charge in [-0.2, -0.15) is 23.1 Å². The number of carbonyl (C=O) groups excluding carboxylic acids is 1. The number of ether oxygens (including phenoxy) is 3. The van der Waals surface area contributed by atoms with Crippen molar-refractivity contribution in [1.29, 1.82) is 0 Å². The van der Waals surface area contributed by atoms with E-state index in [9.17, 15) is 18.0 Å². The van der Waals surface area contributed by atoms with Crippen molar-refractivity contribution in [3.05, 3.63) is 101 Å². The predicted octanol–water partition coefficient (Wildman–Crippen LogP) is 5.84. The molecule has 4 aromatic rings. The van der Waals surface area contributed by atoms with Gasteiger partial charge in [0, 0.05) is 63.5 Å². The van der Waals surface area contributed by atoms with Gasteiger partial charge in [0.1, 0.15) is 5.69 Å². The zero-order valence-corrected chi connectivity index (χ0v) is 29.3. The number of H-pyrrole nitrogens is 1. The van der Waals surface area contributed by atoms with Crippen molar-refractivity contribution in [3.8, 4) is 17.8 Å². The molecular formula is C35H41Cl2F3N6O4. The van der Waals surface area contributed by atoms with E-state index in [0.717, 1.165) is 11.1 Å². The van der Waals surface area contributed by atoms with E-state index in [-0.39, 0.29) is 79.6 Å². The number of alkyl halides is 3. The summed E-state index contributed by atoms with van der Waals surface area (Å²) in [5.41, 5.74) is 3.12. The van der Waals surface area contributed by atoms with E-state index in [1.807, 2.05) is 41.3 Å². The summed E-state index contributed by atoms with van der Waals surface area (Å²) in [5, 5.41) is 0. The summed E-state index contributed by atoms with van der Waals surface area (Å²) in [5.74, 6) is -0.251. The average molecular weight is 738 g/mol. The molecular weight excluding hydrogens is 696 g/mol. The second-order valence-corrected chi connectivity index (χ2v) is 11.9. The first-order chi connectivity index (χ1) is 23.2. The first-order valence-corrected chi connectivity index (χ1v) is 16.0. The Morgan fingerprint density at radius 2 is 1.56 bits per heavy atom. The van der Waals surface area contributed by atoms with Crippen LogP contribution in [0.1, 0.15) is 40.0 Å². The predicted molar refractivity (Wildman–Crippen MR) is 187 cm³/mol. The normalized spacial score (nSPS) is 18.1. The molecule has 0 radical (unpaired) electrons.